The normalized spacial score (nSPS) is 17.3. The number of aromatic nitrogens is 4. The van der Waals surface area contributed by atoms with Gasteiger partial charge in [-0.1, -0.05) is 23.8 Å². The molecule has 0 spiro atoms. The number of anilines is 2. The Hall–Kier alpha value is -3.04. The highest BCUT2D eigenvalue weighted by atomic mass is 32.1. The summed E-state index contributed by atoms with van der Waals surface area (Å²) < 4.78 is 4.75. The summed E-state index contributed by atoms with van der Waals surface area (Å²) >= 11 is 5.91. The number of likely N-dealkylation sites (tertiary alicyclic amines) is 1. The highest BCUT2D eigenvalue weighted by Gasteiger charge is 2.27. The molecule has 4 heterocycles. The summed E-state index contributed by atoms with van der Waals surface area (Å²) in [7, 11) is 0. The van der Waals surface area contributed by atoms with Crippen molar-refractivity contribution in [2.24, 2.45) is 5.92 Å². The number of rotatable bonds is 6. The Bertz CT molecular complexity index is 1170. The number of amides is 1. The van der Waals surface area contributed by atoms with Crippen LogP contribution in [0.2, 0.25) is 0 Å². The smallest absolute Gasteiger partial charge is 0.230 e. The maximum Gasteiger partial charge on any atom is 0.230 e. The molecule has 9 heteroatoms. The Morgan fingerprint density at radius 2 is 1.79 bits per heavy atom. The molecule has 3 aromatic rings. The highest BCUT2D eigenvalue weighted by molar-refractivity contribution is 7.71. The number of carbonyl (C=O) groups is 1. The van der Waals surface area contributed by atoms with Gasteiger partial charge >= 0.3 is 0 Å². The summed E-state index contributed by atoms with van der Waals surface area (Å²) in [4.78, 5) is 21.5. The van der Waals surface area contributed by atoms with E-state index in [4.69, 9.17) is 17.3 Å². The SMILES string of the molecule is Cc1ccc(-n2c(N3CCCC3)nn(CN3CCC(C(=O)Nc4ccccn4)CC3)c2=S)cc1. The molecule has 0 radical (unpaired) electrons. The number of carbonyl (C=O) groups excluding carboxylic acids is 1. The minimum absolute atomic E-state index is 0.00324. The first kappa shape index (κ1) is 22.7. The van der Waals surface area contributed by atoms with Gasteiger partial charge in [0, 0.05) is 38.3 Å². The van der Waals surface area contributed by atoms with Crippen LogP contribution in [0.15, 0.2) is 48.7 Å². The third-order valence-corrected chi connectivity index (χ3v) is 7.11. The average molecular weight is 478 g/mol. The lowest BCUT2D eigenvalue weighted by Gasteiger charge is -2.30. The van der Waals surface area contributed by atoms with E-state index in [-0.39, 0.29) is 11.8 Å². The molecule has 0 atom stereocenters. The molecule has 5 rings (SSSR count). The van der Waals surface area contributed by atoms with Crippen LogP contribution < -0.4 is 10.2 Å². The van der Waals surface area contributed by atoms with Gasteiger partial charge in [-0.25, -0.2) is 9.67 Å². The topological polar surface area (TPSA) is 71.2 Å². The van der Waals surface area contributed by atoms with Gasteiger partial charge in [-0.2, -0.15) is 0 Å². The predicted molar refractivity (Wildman–Crippen MR) is 136 cm³/mol. The van der Waals surface area contributed by atoms with E-state index in [9.17, 15) is 4.79 Å². The molecule has 0 bridgehead atoms. The highest BCUT2D eigenvalue weighted by Crippen LogP contribution is 2.25. The number of piperidine rings is 1. The van der Waals surface area contributed by atoms with Crippen molar-refractivity contribution in [3.63, 3.8) is 0 Å². The van der Waals surface area contributed by atoms with Crippen LogP contribution in [0.3, 0.4) is 0 Å². The van der Waals surface area contributed by atoms with Gasteiger partial charge in [0.05, 0.1) is 12.4 Å². The molecule has 8 nitrogen and oxygen atoms in total. The molecule has 2 aliphatic heterocycles. The van der Waals surface area contributed by atoms with Crippen LogP contribution in [0, 0.1) is 17.6 Å². The van der Waals surface area contributed by atoms with Crippen LogP contribution in [-0.2, 0) is 11.5 Å². The van der Waals surface area contributed by atoms with Gasteiger partial charge in [0.1, 0.15) is 5.82 Å². The number of hydrogen-bond donors (Lipinski definition) is 1. The van der Waals surface area contributed by atoms with Gasteiger partial charge in [0.25, 0.3) is 0 Å². The molecule has 0 saturated carbocycles. The summed E-state index contributed by atoms with van der Waals surface area (Å²) in [6.07, 6.45) is 5.67. The molecule has 0 unspecified atom stereocenters. The molecule has 1 aromatic carbocycles. The zero-order chi connectivity index (χ0) is 23.5. The average Bonchev–Trinajstić information content (AvgIpc) is 3.50. The maximum atomic E-state index is 12.6. The number of nitrogens with zero attached hydrogens (tertiary/aromatic N) is 6. The second-order valence-electron chi connectivity index (χ2n) is 9.19. The fourth-order valence-corrected chi connectivity index (χ4v) is 5.01. The van der Waals surface area contributed by atoms with Crippen molar-refractivity contribution in [2.45, 2.75) is 39.3 Å². The van der Waals surface area contributed by atoms with E-state index in [1.54, 1.807) is 6.20 Å². The molecular formula is C25H31N7OS. The summed E-state index contributed by atoms with van der Waals surface area (Å²) in [6, 6.07) is 14.0. The molecule has 1 amide bonds. The number of pyridine rings is 1. The number of nitrogens with one attached hydrogen (secondary N) is 1. The van der Waals surface area contributed by atoms with Crippen molar-refractivity contribution in [1.82, 2.24) is 24.2 Å². The second kappa shape index (κ2) is 10.1. The number of hydrogen-bond acceptors (Lipinski definition) is 6. The zero-order valence-electron chi connectivity index (χ0n) is 19.6. The first-order valence-electron chi connectivity index (χ1n) is 12.0. The van der Waals surface area contributed by atoms with Crippen molar-refractivity contribution in [2.75, 3.05) is 36.4 Å². The Morgan fingerprint density at radius 1 is 1.06 bits per heavy atom. The Balaban J connectivity index is 1.28. The molecule has 2 aromatic heterocycles. The van der Waals surface area contributed by atoms with Gasteiger partial charge in [0.15, 0.2) is 0 Å². The summed E-state index contributed by atoms with van der Waals surface area (Å²) in [6.45, 7) is 6.40. The lowest BCUT2D eigenvalue weighted by atomic mass is 9.96. The summed E-state index contributed by atoms with van der Waals surface area (Å²) in [5.74, 6) is 1.58. The molecule has 2 fully saturated rings. The molecule has 178 valence electrons. The largest absolute Gasteiger partial charge is 0.341 e. The van der Waals surface area contributed by atoms with Crippen LogP contribution in [0.25, 0.3) is 5.69 Å². The minimum Gasteiger partial charge on any atom is -0.341 e. The van der Waals surface area contributed by atoms with Crippen molar-refractivity contribution < 1.29 is 4.79 Å². The van der Waals surface area contributed by atoms with Gasteiger partial charge in [0.2, 0.25) is 16.6 Å². The molecule has 1 N–H and O–H groups in total. The van der Waals surface area contributed by atoms with Gasteiger partial charge < -0.3 is 10.2 Å². The fourth-order valence-electron chi connectivity index (χ4n) is 4.72. The standard InChI is InChI=1S/C25H31N7OS/c1-19-7-9-21(10-8-19)32-24(30-14-4-5-15-30)28-31(25(32)34)18-29-16-11-20(12-17-29)23(33)27-22-6-2-3-13-26-22/h2-3,6-10,13,20H,4-5,11-12,14-18H2,1H3,(H,26,27,33). The molecule has 34 heavy (non-hydrogen) atoms. The molecular weight excluding hydrogens is 446 g/mol. The molecule has 2 saturated heterocycles. The molecule has 2 aliphatic rings. The van der Waals surface area contributed by atoms with E-state index < -0.39 is 0 Å². The van der Waals surface area contributed by atoms with Crippen LogP contribution in [0.1, 0.15) is 31.2 Å². The monoisotopic (exact) mass is 477 g/mol. The maximum absolute atomic E-state index is 12.6. The third kappa shape index (κ3) is 4.90. The fraction of sp³-hybridized carbons (Fsp3) is 0.440. The number of benzene rings is 1. The molecule has 0 aliphatic carbocycles. The first-order chi connectivity index (χ1) is 16.6. The van der Waals surface area contributed by atoms with Crippen molar-refractivity contribution in [1.29, 1.82) is 0 Å². The quantitative estimate of drug-likeness (QED) is 0.541. The van der Waals surface area contributed by atoms with Crippen molar-refractivity contribution in [3.8, 4) is 5.69 Å². The Labute approximate surface area is 205 Å². The van der Waals surface area contributed by atoms with E-state index in [1.165, 1.54) is 18.4 Å². The first-order valence-corrected chi connectivity index (χ1v) is 12.5. The lowest BCUT2D eigenvalue weighted by molar-refractivity contribution is -0.121. The summed E-state index contributed by atoms with van der Waals surface area (Å²) in [5, 5.41) is 7.90. The lowest BCUT2D eigenvalue weighted by Crippen LogP contribution is -2.39. The van der Waals surface area contributed by atoms with E-state index >= 15 is 0 Å². The Morgan fingerprint density at radius 3 is 2.47 bits per heavy atom. The van der Waals surface area contributed by atoms with Crippen LogP contribution >= 0.6 is 12.2 Å². The summed E-state index contributed by atoms with van der Waals surface area (Å²) in [5.41, 5.74) is 2.27. The van der Waals surface area contributed by atoms with E-state index in [1.807, 2.05) is 22.9 Å². The van der Waals surface area contributed by atoms with E-state index in [0.717, 1.165) is 50.7 Å². The third-order valence-electron chi connectivity index (χ3n) is 6.71. The van der Waals surface area contributed by atoms with E-state index in [2.05, 4.69) is 55.9 Å². The van der Waals surface area contributed by atoms with Crippen LogP contribution in [0.5, 0.6) is 0 Å². The zero-order valence-corrected chi connectivity index (χ0v) is 20.4. The van der Waals surface area contributed by atoms with Gasteiger partial charge in [-0.15, -0.1) is 5.10 Å². The van der Waals surface area contributed by atoms with Crippen molar-refractivity contribution in [3.05, 3.63) is 59.0 Å². The van der Waals surface area contributed by atoms with Crippen LogP contribution in [0.4, 0.5) is 11.8 Å². The predicted octanol–water partition coefficient (Wildman–Crippen LogP) is 4.02. The van der Waals surface area contributed by atoms with E-state index in [0.29, 0.717) is 17.3 Å². The van der Waals surface area contributed by atoms with Crippen molar-refractivity contribution >= 4 is 29.9 Å². The van der Waals surface area contributed by atoms with Gasteiger partial charge in [-0.05, 0) is 69.1 Å². The van der Waals surface area contributed by atoms with Crippen LogP contribution in [-0.4, -0.2) is 56.3 Å². The number of aryl methyl sites for hydroxylation is 1. The Kier molecular flexibility index (Phi) is 6.73. The van der Waals surface area contributed by atoms with Gasteiger partial charge in [-0.3, -0.25) is 14.3 Å². The minimum atomic E-state index is -0.00324. The second-order valence-corrected chi connectivity index (χ2v) is 9.55.